The molecule has 128 valence electrons. The second-order valence-electron chi connectivity index (χ2n) is 5.83. The molecule has 0 radical (unpaired) electrons. The smallest absolute Gasteiger partial charge is 0.251 e. The topological polar surface area (TPSA) is 71.8 Å². The van der Waals surface area contributed by atoms with Gasteiger partial charge in [-0.05, 0) is 49.2 Å². The zero-order valence-corrected chi connectivity index (χ0v) is 14.4. The summed E-state index contributed by atoms with van der Waals surface area (Å²) >= 11 is 0. The molecule has 0 saturated heterocycles. The first kappa shape index (κ1) is 16.7. The Morgan fingerprint density at radius 2 is 1.84 bits per heavy atom. The predicted molar refractivity (Wildman–Crippen MR) is 98.1 cm³/mol. The molecule has 2 aromatic heterocycles. The number of nitrogens with zero attached hydrogens (tertiary/aromatic N) is 3. The van der Waals surface area contributed by atoms with Crippen molar-refractivity contribution in [1.29, 1.82) is 0 Å². The van der Waals surface area contributed by atoms with Crippen LogP contribution in [0.2, 0.25) is 0 Å². The number of aromatic nitrogens is 3. The average Bonchev–Trinajstić information content (AvgIpc) is 3.16. The van der Waals surface area contributed by atoms with Crippen molar-refractivity contribution < 1.29 is 4.79 Å². The molecule has 0 unspecified atom stereocenters. The summed E-state index contributed by atoms with van der Waals surface area (Å²) in [7, 11) is 0. The van der Waals surface area contributed by atoms with Crippen molar-refractivity contribution in [2.24, 2.45) is 0 Å². The highest BCUT2D eigenvalue weighted by Gasteiger charge is 2.06. The van der Waals surface area contributed by atoms with Gasteiger partial charge in [-0.1, -0.05) is 6.07 Å². The summed E-state index contributed by atoms with van der Waals surface area (Å²) in [4.78, 5) is 20.6. The highest BCUT2D eigenvalue weighted by Crippen LogP contribution is 2.10. The molecule has 0 saturated carbocycles. The summed E-state index contributed by atoms with van der Waals surface area (Å²) in [6, 6.07) is 11.5. The molecule has 0 aliphatic rings. The van der Waals surface area contributed by atoms with Crippen LogP contribution in [0.4, 0.5) is 5.82 Å². The average molecular weight is 335 g/mol. The minimum absolute atomic E-state index is 0.0689. The summed E-state index contributed by atoms with van der Waals surface area (Å²) < 4.78 is 1.91. The first-order chi connectivity index (χ1) is 12.1. The lowest BCUT2D eigenvalue weighted by Crippen LogP contribution is -2.29. The number of hydrogen-bond acceptors (Lipinski definition) is 4. The standard InChI is InChI=1S/C19H21N5O/c1-14-5-6-16(11-15(14)2)19(25)21-8-7-20-17-12-18(23-13-22-17)24-9-3-4-10-24/h3-6,9-13H,7-8H2,1-2H3,(H,21,25)(H,20,22,23). The van der Waals surface area contributed by atoms with Crippen molar-refractivity contribution in [3.05, 3.63) is 71.8 Å². The van der Waals surface area contributed by atoms with Crippen LogP contribution in [0.15, 0.2) is 55.1 Å². The molecule has 2 heterocycles. The van der Waals surface area contributed by atoms with Gasteiger partial charge in [-0.2, -0.15) is 0 Å². The fraction of sp³-hybridized carbons (Fsp3) is 0.211. The van der Waals surface area contributed by atoms with E-state index in [1.807, 2.05) is 67.2 Å². The molecule has 2 N–H and O–H groups in total. The summed E-state index contributed by atoms with van der Waals surface area (Å²) in [6.07, 6.45) is 5.37. The molecular formula is C19H21N5O. The van der Waals surface area contributed by atoms with E-state index in [-0.39, 0.29) is 5.91 Å². The summed E-state index contributed by atoms with van der Waals surface area (Å²) in [5.74, 6) is 1.45. The van der Waals surface area contributed by atoms with E-state index >= 15 is 0 Å². The van der Waals surface area contributed by atoms with Gasteiger partial charge in [0, 0.05) is 37.1 Å². The van der Waals surface area contributed by atoms with E-state index in [1.54, 1.807) is 0 Å². The van der Waals surface area contributed by atoms with Crippen LogP contribution in [-0.4, -0.2) is 33.5 Å². The van der Waals surface area contributed by atoms with E-state index in [9.17, 15) is 4.79 Å². The van der Waals surface area contributed by atoms with Gasteiger partial charge in [0.05, 0.1) is 0 Å². The van der Waals surface area contributed by atoms with Crippen molar-refractivity contribution in [2.75, 3.05) is 18.4 Å². The van der Waals surface area contributed by atoms with Gasteiger partial charge in [-0.15, -0.1) is 0 Å². The molecule has 0 atom stereocenters. The second-order valence-corrected chi connectivity index (χ2v) is 5.83. The van der Waals surface area contributed by atoms with Crippen LogP contribution in [0.5, 0.6) is 0 Å². The fourth-order valence-corrected chi connectivity index (χ4v) is 2.42. The minimum atomic E-state index is -0.0689. The number of hydrogen-bond donors (Lipinski definition) is 2. The zero-order chi connectivity index (χ0) is 17.6. The maximum atomic E-state index is 12.2. The molecule has 6 nitrogen and oxygen atoms in total. The van der Waals surface area contributed by atoms with Gasteiger partial charge < -0.3 is 15.2 Å². The van der Waals surface area contributed by atoms with Crippen LogP contribution in [0, 0.1) is 13.8 Å². The van der Waals surface area contributed by atoms with Crippen molar-refractivity contribution in [3.63, 3.8) is 0 Å². The van der Waals surface area contributed by atoms with E-state index in [4.69, 9.17) is 0 Å². The lowest BCUT2D eigenvalue weighted by Gasteiger charge is -2.09. The van der Waals surface area contributed by atoms with Gasteiger partial charge in [0.2, 0.25) is 0 Å². The number of amides is 1. The Morgan fingerprint density at radius 1 is 1.04 bits per heavy atom. The van der Waals surface area contributed by atoms with Gasteiger partial charge in [-0.25, -0.2) is 9.97 Å². The number of aryl methyl sites for hydroxylation is 2. The molecule has 0 aliphatic heterocycles. The molecule has 6 heteroatoms. The van der Waals surface area contributed by atoms with Gasteiger partial charge in [-0.3, -0.25) is 4.79 Å². The number of carbonyl (C=O) groups excluding carboxylic acids is 1. The molecule has 0 spiro atoms. The molecule has 1 aromatic carbocycles. The Morgan fingerprint density at radius 3 is 2.60 bits per heavy atom. The van der Waals surface area contributed by atoms with Gasteiger partial charge in [0.15, 0.2) is 0 Å². The van der Waals surface area contributed by atoms with E-state index in [1.165, 1.54) is 11.9 Å². The maximum absolute atomic E-state index is 12.2. The van der Waals surface area contributed by atoms with E-state index in [2.05, 4.69) is 20.6 Å². The van der Waals surface area contributed by atoms with Crippen LogP contribution in [0.3, 0.4) is 0 Å². The third kappa shape index (κ3) is 4.23. The number of nitrogens with one attached hydrogen (secondary N) is 2. The summed E-state index contributed by atoms with van der Waals surface area (Å²) in [5, 5.41) is 6.10. The van der Waals surface area contributed by atoms with E-state index < -0.39 is 0 Å². The molecule has 25 heavy (non-hydrogen) atoms. The Bertz CT molecular complexity index is 858. The fourth-order valence-electron chi connectivity index (χ4n) is 2.42. The highest BCUT2D eigenvalue weighted by molar-refractivity contribution is 5.94. The van der Waals surface area contributed by atoms with Crippen molar-refractivity contribution in [2.45, 2.75) is 13.8 Å². The Labute approximate surface area is 146 Å². The molecule has 0 aliphatic carbocycles. The van der Waals surface area contributed by atoms with Crippen molar-refractivity contribution >= 4 is 11.7 Å². The number of rotatable bonds is 6. The number of carbonyl (C=O) groups is 1. The van der Waals surface area contributed by atoms with Gasteiger partial charge >= 0.3 is 0 Å². The van der Waals surface area contributed by atoms with Crippen LogP contribution < -0.4 is 10.6 Å². The second kappa shape index (κ2) is 7.61. The summed E-state index contributed by atoms with van der Waals surface area (Å²) in [5.41, 5.74) is 2.98. The molecular weight excluding hydrogens is 314 g/mol. The van der Waals surface area contributed by atoms with Gasteiger partial charge in [0.1, 0.15) is 18.0 Å². The van der Waals surface area contributed by atoms with Crippen molar-refractivity contribution in [3.8, 4) is 5.82 Å². The number of anilines is 1. The molecule has 1 amide bonds. The Hall–Kier alpha value is -3.15. The monoisotopic (exact) mass is 335 g/mol. The molecule has 0 bridgehead atoms. The number of benzene rings is 1. The van der Waals surface area contributed by atoms with Crippen LogP contribution >= 0.6 is 0 Å². The SMILES string of the molecule is Cc1ccc(C(=O)NCCNc2cc(-n3cccc3)ncn2)cc1C. The largest absolute Gasteiger partial charge is 0.368 e. The van der Waals surface area contributed by atoms with Crippen molar-refractivity contribution in [1.82, 2.24) is 19.9 Å². The lowest BCUT2D eigenvalue weighted by molar-refractivity contribution is 0.0955. The molecule has 3 aromatic rings. The first-order valence-corrected chi connectivity index (χ1v) is 8.18. The third-order valence-electron chi connectivity index (χ3n) is 4.01. The third-order valence-corrected chi connectivity index (χ3v) is 4.01. The molecule has 0 fully saturated rings. The Balaban J connectivity index is 1.51. The van der Waals surface area contributed by atoms with Crippen LogP contribution in [0.25, 0.3) is 5.82 Å². The normalized spacial score (nSPS) is 10.5. The van der Waals surface area contributed by atoms with E-state index in [0.29, 0.717) is 18.7 Å². The van der Waals surface area contributed by atoms with Crippen LogP contribution in [-0.2, 0) is 0 Å². The van der Waals surface area contributed by atoms with E-state index in [0.717, 1.165) is 17.2 Å². The highest BCUT2D eigenvalue weighted by atomic mass is 16.1. The Kier molecular flexibility index (Phi) is 5.09. The quantitative estimate of drug-likeness (QED) is 0.680. The minimum Gasteiger partial charge on any atom is -0.368 e. The predicted octanol–water partition coefficient (Wildman–Crippen LogP) is 2.73. The maximum Gasteiger partial charge on any atom is 0.251 e. The van der Waals surface area contributed by atoms with Crippen LogP contribution in [0.1, 0.15) is 21.5 Å². The zero-order valence-electron chi connectivity index (χ0n) is 14.4. The van der Waals surface area contributed by atoms with Gasteiger partial charge in [0.25, 0.3) is 5.91 Å². The molecule has 3 rings (SSSR count). The first-order valence-electron chi connectivity index (χ1n) is 8.18. The summed E-state index contributed by atoms with van der Waals surface area (Å²) in [6.45, 7) is 5.13. The lowest BCUT2D eigenvalue weighted by atomic mass is 10.1.